The topological polar surface area (TPSA) is 93.1 Å². The third-order valence-electron chi connectivity index (χ3n) is 2.28. The lowest BCUT2D eigenvalue weighted by atomic mass is 10.2. The van der Waals surface area contributed by atoms with Gasteiger partial charge < -0.3 is 9.26 Å². The number of ether oxygens (including phenoxy) is 1. The Hall–Kier alpha value is -2.14. The maximum Gasteiger partial charge on any atom is 0.524 e. The first kappa shape index (κ1) is 14.3. The van der Waals surface area contributed by atoms with Gasteiger partial charge in [0.05, 0.1) is 5.56 Å². The van der Waals surface area contributed by atoms with E-state index in [0.717, 1.165) is 0 Å². The van der Waals surface area contributed by atoms with Crippen molar-refractivity contribution < 1.29 is 28.4 Å². The van der Waals surface area contributed by atoms with E-state index in [1.807, 2.05) is 0 Å². The van der Waals surface area contributed by atoms with Crippen molar-refractivity contribution in [2.45, 2.75) is 0 Å². The van der Waals surface area contributed by atoms with Crippen LogP contribution in [-0.2, 0) is 4.57 Å². The van der Waals surface area contributed by atoms with Crippen LogP contribution in [0.3, 0.4) is 0 Å². The summed E-state index contributed by atoms with van der Waals surface area (Å²) in [6.07, 6.45) is 0. The Bertz CT molecular complexity index is 649. The summed E-state index contributed by atoms with van der Waals surface area (Å²) in [4.78, 5) is 29.5. The summed E-state index contributed by atoms with van der Waals surface area (Å²) in [5.74, 6) is -0.915. The Morgan fingerprint density at radius 2 is 1.45 bits per heavy atom. The maximum atomic E-state index is 11.9. The molecule has 0 spiro atoms. The molecule has 2 N–H and O–H groups in total. The molecule has 0 aliphatic carbocycles. The Balaban J connectivity index is 2.22. The summed E-state index contributed by atoms with van der Waals surface area (Å²) in [5, 5.41) is 0. The molecule has 0 heterocycles. The number of carbonyl (C=O) groups is 1. The van der Waals surface area contributed by atoms with Crippen LogP contribution in [0, 0.1) is 0 Å². The molecule has 2 rings (SSSR count). The number of phosphoric acid groups is 1. The van der Waals surface area contributed by atoms with Crippen molar-refractivity contribution in [3.63, 3.8) is 0 Å². The summed E-state index contributed by atoms with van der Waals surface area (Å²) < 4.78 is 20.4. The lowest BCUT2D eigenvalue weighted by molar-refractivity contribution is 0.0730. The van der Waals surface area contributed by atoms with Crippen molar-refractivity contribution in [3.8, 4) is 11.5 Å². The fourth-order valence-corrected chi connectivity index (χ4v) is 1.88. The standard InChI is InChI=1S/C13H11O6P/c14-13(10-6-2-1-3-7-10)18-11-8-4-5-9-12(11)19-20(15,16)17/h1-9H,(H2,15,16,17). The second kappa shape index (κ2) is 5.88. The van der Waals surface area contributed by atoms with Gasteiger partial charge in [-0.15, -0.1) is 0 Å². The van der Waals surface area contributed by atoms with Crippen molar-refractivity contribution in [2.75, 3.05) is 0 Å². The number of carbonyl (C=O) groups excluding carboxylic acids is 1. The van der Waals surface area contributed by atoms with Crippen molar-refractivity contribution in [1.29, 1.82) is 0 Å². The molecule has 0 aromatic heterocycles. The van der Waals surface area contributed by atoms with E-state index in [0.29, 0.717) is 5.56 Å². The third kappa shape index (κ3) is 3.93. The zero-order valence-electron chi connectivity index (χ0n) is 10.2. The normalized spacial score (nSPS) is 10.9. The van der Waals surface area contributed by atoms with Crippen molar-refractivity contribution >= 4 is 13.8 Å². The molecule has 2 aromatic carbocycles. The summed E-state index contributed by atoms with van der Waals surface area (Å²) in [6, 6.07) is 14.0. The lowest BCUT2D eigenvalue weighted by Crippen LogP contribution is -2.09. The predicted octanol–water partition coefficient (Wildman–Crippen LogP) is 2.38. The molecule has 0 fully saturated rings. The second-order valence-electron chi connectivity index (χ2n) is 3.78. The van der Waals surface area contributed by atoms with Crippen LogP contribution in [0.15, 0.2) is 54.6 Å². The number of hydrogen-bond acceptors (Lipinski definition) is 4. The molecule has 0 radical (unpaired) electrons. The molecular weight excluding hydrogens is 283 g/mol. The van der Waals surface area contributed by atoms with E-state index in [1.54, 1.807) is 36.4 Å². The van der Waals surface area contributed by atoms with Gasteiger partial charge in [0.1, 0.15) is 0 Å². The van der Waals surface area contributed by atoms with Gasteiger partial charge in [-0.3, -0.25) is 9.79 Å². The minimum absolute atomic E-state index is 0.0651. The monoisotopic (exact) mass is 294 g/mol. The van der Waals surface area contributed by atoms with Crippen molar-refractivity contribution in [3.05, 3.63) is 60.2 Å². The predicted molar refractivity (Wildman–Crippen MR) is 70.5 cm³/mol. The molecule has 0 amide bonds. The summed E-state index contributed by atoms with van der Waals surface area (Å²) in [6.45, 7) is 0. The zero-order chi connectivity index (χ0) is 14.6. The fraction of sp³-hybridized carbons (Fsp3) is 0. The van der Waals surface area contributed by atoms with Crippen LogP contribution in [0.25, 0.3) is 0 Å². The van der Waals surface area contributed by atoms with Crippen LogP contribution < -0.4 is 9.26 Å². The number of esters is 1. The molecular formula is C13H11O6P. The number of benzene rings is 2. The minimum Gasteiger partial charge on any atom is -0.419 e. The molecule has 20 heavy (non-hydrogen) atoms. The smallest absolute Gasteiger partial charge is 0.419 e. The molecule has 6 nitrogen and oxygen atoms in total. The van der Waals surface area contributed by atoms with Crippen LogP contribution in [0.4, 0.5) is 0 Å². The SMILES string of the molecule is O=C(Oc1ccccc1OP(=O)(O)O)c1ccccc1. The number of hydrogen-bond donors (Lipinski definition) is 2. The third-order valence-corrected chi connectivity index (χ3v) is 2.71. The van der Waals surface area contributed by atoms with E-state index >= 15 is 0 Å². The highest BCUT2D eigenvalue weighted by atomic mass is 31.2. The van der Waals surface area contributed by atoms with Gasteiger partial charge in [0.25, 0.3) is 0 Å². The first-order valence-corrected chi connectivity index (χ1v) is 7.10. The van der Waals surface area contributed by atoms with Crippen LogP contribution >= 0.6 is 7.82 Å². The van der Waals surface area contributed by atoms with E-state index in [-0.39, 0.29) is 11.5 Å². The number of phosphoric ester groups is 1. The summed E-state index contributed by atoms with van der Waals surface area (Å²) in [7, 11) is -4.72. The lowest BCUT2D eigenvalue weighted by Gasteiger charge is -2.11. The maximum absolute atomic E-state index is 11.9. The Morgan fingerprint density at radius 3 is 2.05 bits per heavy atom. The fourth-order valence-electron chi connectivity index (χ4n) is 1.47. The Labute approximate surface area is 114 Å². The Morgan fingerprint density at radius 1 is 0.900 bits per heavy atom. The average molecular weight is 294 g/mol. The van der Waals surface area contributed by atoms with Gasteiger partial charge in [-0.2, -0.15) is 0 Å². The summed E-state index contributed by atoms with van der Waals surface area (Å²) in [5.41, 5.74) is 0.318. The molecule has 104 valence electrons. The molecule has 0 saturated carbocycles. The van der Waals surface area contributed by atoms with E-state index in [1.165, 1.54) is 18.2 Å². The quantitative estimate of drug-likeness (QED) is 0.511. The highest BCUT2D eigenvalue weighted by Crippen LogP contribution is 2.41. The van der Waals surface area contributed by atoms with Gasteiger partial charge >= 0.3 is 13.8 Å². The second-order valence-corrected chi connectivity index (χ2v) is 4.95. The van der Waals surface area contributed by atoms with Gasteiger partial charge in [0.15, 0.2) is 11.5 Å². The molecule has 0 aliphatic heterocycles. The van der Waals surface area contributed by atoms with E-state index in [2.05, 4.69) is 4.52 Å². The van der Waals surface area contributed by atoms with Crippen LogP contribution in [0.2, 0.25) is 0 Å². The minimum atomic E-state index is -4.72. The van der Waals surface area contributed by atoms with Gasteiger partial charge in [-0.25, -0.2) is 9.36 Å². The molecule has 0 bridgehead atoms. The highest BCUT2D eigenvalue weighted by molar-refractivity contribution is 7.46. The average Bonchev–Trinajstić information content (AvgIpc) is 2.40. The number of rotatable bonds is 4. The van der Waals surface area contributed by atoms with Crippen molar-refractivity contribution in [2.24, 2.45) is 0 Å². The molecule has 0 saturated heterocycles. The van der Waals surface area contributed by atoms with E-state index in [9.17, 15) is 9.36 Å². The molecule has 2 aromatic rings. The van der Waals surface area contributed by atoms with Gasteiger partial charge in [-0.05, 0) is 24.3 Å². The van der Waals surface area contributed by atoms with Crippen LogP contribution in [0.1, 0.15) is 10.4 Å². The molecule has 0 unspecified atom stereocenters. The first-order chi connectivity index (χ1) is 9.46. The van der Waals surface area contributed by atoms with E-state index in [4.69, 9.17) is 14.5 Å². The largest absolute Gasteiger partial charge is 0.524 e. The van der Waals surface area contributed by atoms with Gasteiger partial charge in [0.2, 0.25) is 0 Å². The van der Waals surface area contributed by atoms with Crippen molar-refractivity contribution in [1.82, 2.24) is 0 Å². The molecule has 7 heteroatoms. The number of para-hydroxylation sites is 2. The first-order valence-electron chi connectivity index (χ1n) is 5.57. The van der Waals surface area contributed by atoms with Crippen LogP contribution in [-0.4, -0.2) is 15.8 Å². The highest BCUT2D eigenvalue weighted by Gasteiger charge is 2.20. The summed E-state index contributed by atoms with van der Waals surface area (Å²) >= 11 is 0. The zero-order valence-corrected chi connectivity index (χ0v) is 11.1. The Kier molecular flexibility index (Phi) is 4.20. The van der Waals surface area contributed by atoms with Gasteiger partial charge in [0, 0.05) is 0 Å². The van der Waals surface area contributed by atoms with Gasteiger partial charge in [-0.1, -0.05) is 30.3 Å². The molecule has 0 atom stereocenters. The van der Waals surface area contributed by atoms with Crippen LogP contribution in [0.5, 0.6) is 11.5 Å². The molecule has 0 aliphatic rings. The van der Waals surface area contributed by atoms with E-state index < -0.39 is 13.8 Å².